The van der Waals surface area contributed by atoms with E-state index in [0.29, 0.717) is 24.0 Å². The zero-order chi connectivity index (χ0) is 30.5. The van der Waals surface area contributed by atoms with Crippen LogP contribution in [0.25, 0.3) is 11.3 Å². The Balaban J connectivity index is 0.000000258. The lowest BCUT2D eigenvalue weighted by molar-refractivity contribution is -0.00636. The molecular weight excluding hydrogens is 542 g/mol. The predicted molar refractivity (Wildman–Crippen MR) is 159 cm³/mol. The second-order valence-electron chi connectivity index (χ2n) is 10.5. The number of aromatic carboxylic acids is 1. The van der Waals surface area contributed by atoms with Gasteiger partial charge in [0.05, 0.1) is 6.54 Å². The van der Waals surface area contributed by atoms with E-state index in [2.05, 4.69) is 22.3 Å². The number of rotatable bonds is 15. The largest absolute Gasteiger partial charge is 0.476 e. The molecule has 228 valence electrons. The Morgan fingerprint density at radius 2 is 1.71 bits per heavy atom. The van der Waals surface area contributed by atoms with E-state index in [4.69, 9.17) is 13.9 Å². The number of hydrogen-bond donors (Lipinski definition) is 2. The average Bonchev–Trinajstić information content (AvgIpc) is 3.68. The summed E-state index contributed by atoms with van der Waals surface area (Å²) in [5, 5.41) is 16.7. The van der Waals surface area contributed by atoms with Gasteiger partial charge >= 0.3 is 11.9 Å². The van der Waals surface area contributed by atoms with Gasteiger partial charge in [-0.15, -0.1) is 0 Å². The number of halogens is 2. The molecule has 0 amide bonds. The molecular formula is C32H42F2N4O4. The maximum absolute atomic E-state index is 13.2. The summed E-state index contributed by atoms with van der Waals surface area (Å²) in [6, 6.07) is 12.2. The van der Waals surface area contributed by atoms with Crippen LogP contribution in [0.5, 0.6) is 0 Å². The standard InChI is InChI=1S/C20H31F2N3O.C12H11NO3/c1-3-4-5-6-7-8-9-10-14-23-19-13-15-25(24-19)16-17-11-12-18(26-17)20(2,21)22;1-7-4-3-5-9(6-7)11-10(12(14)15)13-8(2)16-11/h11-13,15H,3-10,14,16H2,1-2H3,(H,23,24);3-6H,1-2H3,(H,14,15). The number of oxazole rings is 1. The Morgan fingerprint density at radius 3 is 2.36 bits per heavy atom. The number of anilines is 1. The molecule has 8 nitrogen and oxygen atoms in total. The Hall–Kier alpha value is -3.95. The molecule has 3 aromatic heterocycles. The first-order chi connectivity index (χ1) is 20.1. The van der Waals surface area contributed by atoms with Crippen molar-refractivity contribution in [2.24, 2.45) is 0 Å². The van der Waals surface area contributed by atoms with Gasteiger partial charge in [0.1, 0.15) is 11.6 Å². The monoisotopic (exact) mass is 584 g/mol. The van der Waals surface area contributed by atoms with Gasteiger partial charge in [-0.05, 0) is 31.5 Å². The van der Waals surface area contributed by atoms with Crippen LogP contribution in [0, 0.1) is 13.8 Å². The highest BCUT2D eigenvalue weighted by Crippen LogP contribution is 2.29. The van der Waals surface area contributed by atoms with E-state index in [1.54, 1.807) is 23.7 Å². The lowest BCUT2D eigenvalue weighted by atomic mass is 10.1. The molecule has 1 aromatic carbocycles. The lowest BCUT2D eigenvalue weighted by Gasteiger charge is -2.05. The predicted octanol–water partition coefficient (Wildman–Crippen LogP) is 8.85. The van der Waals surface area contributed by atoms with Crippen LogP contribution in [-0.4, -0.2) is 32.4 Å². The molecule has 42 heavy (non-hydrogen) atoms. The highest BCUT2D eigenvalue weighted by atomic mass is 19.3. The number of alkyl halides is 2. The molecule has 0 saturated carbocycles. The van der Waals surface area contributed by atoms with E-state index in [1.807, 2.05) is 37.4 Å². The summed E-state index contributed by atoms with van der Waals surface area (Å²) in [6.45, 7) is 7.88. The van der Waals surface area contributed by atoms with E-state index < -0.39 is 11.9 Å². The summed E-state index contributed by atoms with van der Waals surface area (Å²) in [5.41, 5.74) is 1.74. The average molecular weight is 585 g/mol. The van der Waals surface area contributed by atoms with E-state index in [0.717, 1.165) is 36.8 Å². The van der Waals surface area contributed by atoms with E-state index in [-0.39, 0.29) is 11.5 Å². The summed E-state index contributed by atoms with van der Waals surface area (Å²) < 4.78 is 38.6. The SMILES string of the molecule is CCCCCCCCCCNc1ccn(Cc2ccc(C(C)(F)F)o2)n1.Cc1cccc(-c2oc(C)nc2C(=O)O)c1. The van der Waals surface area contributed by atoms with Crippen LogP contribution in [0.1, 0.15) is 98.7 Å². The van der Waals surface area contributed by atoms with Crippen molar-refractivity contribution in [3.63, 3.8) is 0 Å². The highest BCUT2D eigenvalue weighted by molar-refractivity contribution is 5.92. The molecule has 2 N–H and O–H groups in total. The van der Waals surface area contributed by atoms with Gasteiger partial charge in [0, 0.05) is 38.2 Å². The molecule has 0 bridgehead atoms. The van der Waals surface area contributed by atoms with Crippen molar-refractivity contribution in [1.29, 1.82) is 0 Å². The van der Waals surface area contributed by atoms with Crippen LogP contribution in [0.3, 0.4) is 0 Å². The molecule has 10 heteroatoms. The Labute approximate surface area is 246 Å². The van der Waals surface area contributed by atoms with Crippen LogP contribution in [-0.2, 0) is 12.5 Å². The first-order valence-corrected chi connectivity index (χ1v) is 14.6. The summed E-state index contributed by atoms with van der Waals surface area (Å²) in [4.78, 5) is 14.8. The molecule has 4 rings (SSSR count). The van der Waals surface area contributed by atoms with Crippen molar-refractivity contribution in [2.75, 3.05) is 11.9 Å². The van der Waals surface area contributed by atoms with Crippen molar-refractivity contribution < 1.29 is 27.5 Å². The number of carbonyl (C=O) groups is 1. The fourth-order valence-corrected chi connectivity index (χ4v) is 4.43. The molecule has 0 saturated heterocycles. The van der Waals surface area contributed by atoms with Crippen LogP contribution in [0.2, 0.25) is 0 Å². The van der Waals surface area contributed by atoms with Gasteiger partial charge in [-0.2, -0.15) is 13.9 Å². The maximum Gasteiger partial charge on any atom is 0.358 e. The number of furan rings is 1. The van der Waals surface area contributed by atoms with Crippen LogP contribution < -0.4 is 5.32 Å². The van der Waals surface area contributed by atoms with E-state index >= 15 is 0 Å². The highest BCUT2D eigenvalue weighted by Gasteiger charge is 2.28. The number of carboxylic acids is 1. The molecule has 4 aromatic rings. The van der Waals surface area contributed by atoms with Gasteiger partial charge in [0.15, 0.2) is 23.1 Å². The van der Waals surface area contributed by atoms with Crippen LogP contribution in [0.4, 0.5) is 14.6 Å². The smallest absolute Gasteiger partial charge is 0.358 e. The van der Waals surface area contributed by atoms with E-state index in [9.17, 15) is 13.6 Å². The number of carboxylic acid groups (broad SMARTS) is 1. The van der Waals surface area contributed by atoms with Crippen molar-refractivity contribution >= 4 is 11.8 Å². The van der Waals surface area contributed by atoms with Gasteiger partial charge in [0.2, 0.25) is 0 Å². The molecule has 0 aliphatic rings. The van der Waals surface area contributed by atoms with Gasteiger partial charge in [-0.25, -0.2) is 9.78 Å². The molecule has 0 fully saturated rings. The minimum atomic E-state index is -2.95. The van der Waals surface area contributed by atoms with Gasteiger partial charge in [-0.3, -0.25) is 4.68 Å². The molecule has 0 unspecified atom stereocenters. The third kappa shape index (κ3) is 10.5. The third-order valence-electron chi connectivity index (χ3n) is 6.61. The number of benzene rings is 1. The van der Waals surface area contributed by atoms with Gasteiger partial charge in [0.25, 0.3) is 0 Å². The number of hydrogen-bond acceptors (Lipinski definition) is 6. The summed E-state index contributed by atoms with van der Waals surface area (Å²) in [7, 11) is 0. The number of unbranched alkanes of at least 4 members (excludes halogenated alkanes) is 7. The van der Waals surface area contributed by atoms with Crippen LogP contribution in [0.15, 0.2) is 57.5 Å². The molecule has 0 aliphatic carbocycles. The zero-order valence-corrected chi connectivity index (χ0v) is 25.0. The van der Waals surface area contributed by atoms with Gasteiger partial charge < -0.3 is 19.3 Å². The fourth-order valence-electron chi connectivity index (χ4n) is 4.43. The Kier molecular flexibility index (Phi) is 12.3. The molecule has 3 heterocycles. The fraction of sp³-hybridized carbons (Fsp3) is 0.469. The quantitative estimate of drug-likeness (QED) is 0.134. The first kappa shape index (κ1) is 32.6. The number of nitrogens with one attached hydrogen (secondary N) is 1. The Bertz CT molecular complexity index is 1390. The van der Waals surface area contributed by atoms with Gasteiger partial charge in [-0.1, -0.05) is 75.6 Å². The Morgan fingerprint density at radius 1 is 1.00 bits per heavy atom. The summed E-state index contributed by atoms with van der Waals surface area (Å²) in [6.07, 6.45) is 12.2. The molecule has 0 aliphatic heterocycles. The van der Waals surface area contributed by atoms with E-state index in [1.165, 1.54) is 51.0 Å². The molecule has 0 spiro atoms. The minimum absolute atomic E-state index is 0.0388. The molecule has 0 atom stereocenters. The van der Waals surface area contributed by atoms with Crippen molar-refractivity contribution in [3.8, 4) is 11.3 Å². The minimum Gasteiger partial charge on any atom is -0.476 e. The normalized spacial score (nSPS) is 11.3. The number of aromatic nitrogens is 3. The number of aryl methyl sites for hydroxylation is 2. The third-order valence-corrected chi connectivity index (χ3v) is 6.61. The zero-order valence-electron chi connectivity index (χ0n) is 25.0. The second kappa shape index (κ2) is 15.9. The summed E-state index contributed by atoms with van der Waals surface area (Å²) >= 11 is 0. The van der Waals surface area contributed by atoms with Crippen molar-refractivity contribution in [2.45, 2.75) is 91.5 Å². The first-order valence-electron chi connectivity index (χ1n) is 14.6. The summed E-state index contributed by atoms with van der Waals surface area (Å²) in [5.74, 6) is -2.39. The second-order valence-corrected chi connectivity index (χ2v) is 10.5. The van der Waals surface area contributed by atoms with Crippen molar-refractivity contribution in [1.82, 2.24) is 14.8 Å². The van der Waals surface area contributed by atoms with Crippen molar-refractivity contribution in [3.05, 3.63) is 77.3 Å². The number of nitrogens with zero attached hydrogens (tertiary/aromatic N) is 3. The lowest BCUT2D eigenvalue weighted by Crippen LogP contribution is -2.05. The van der Waals surface area contributed by atoms with Crippen LogP contribution >= 0.6 is 0 Å². The molecule has 0 radical (unpaired) electrons. The topological polar surface area (TPSA) is 106 Å². The maximum atomic E-state index is 13.2.